The second-order valence-electron chi connectivity index (χ2n) is 6.02. The second kappa shape index (κ2) is 8.52. The molecule has 1 aromatic rings. The molecule has 1 N–H and O–H groups in total. The summed E-state index contributed by atoms with van der Waals surface area (Å²) in [7, 11) is 0. The Hall–Kier alpha value is -0.900. The van der Waals surface area contributed by atoms with Gasteiger partial charge in [0.15, 0.2) is 0 Å². The van der Waals surface area contributed by atoms with Crippen LogP contribution in [0.5, 0.6) is 0 Å². The minimum Gasteiger partial charge on any atom is -0.377 e. The fraction of sp³-hybridized carbons (Fsp3) is 0.667. The third-order valence-corrected chi connectivity index (χ3v) is 4.19. The fourth-order valence-corrected chi connectivity index (χ4v) is 2.67. The Bertz CT molecular complexity index is 427. The molecule has 3 heteroatoms. The van der Waals surface area contributed by atoms with Crippen molar-refractivity contribution in [2.45, 2.75) is 52.2 Å². The summed E-state index contributed by atoms with van der Waals surface area (Å²) in [5.74, 6) is 0. The number of aryl methyl sites for hydroxylation is 2. The van der Waals surface area contributed by atoms with Crippen molar-refractivity contribution in [1.29, 1.82) is 0 Å². The molecule has 1 aliphatic rings. The summed E-state index contributed by atoms with van der Waals surface area (Å²) < 4.78 is 11.5. The van der Waals surface area contributed by atoms with Gasteiger partial charge in [-0.05, 0) is 56.3 Å². The van der Waals surface area contributed by atoms with Crippen LogP contribution in [0.1, 0.15) is 48.9 Å². The van der Waals surface area contributed by atoms with Gasteiger partial charge in [0.1, 0.15) is 0 Å². The van der Waals surface area contributed by atoms with Crippen LogP contribution in [-0.4, -0.2) is 32.5 Å². The molecule has 0 saturated carbocycles. The molecule has 118 valence electrons. The largest absolute Gasteiger partial charge is 0.377 e. The first-order valence-electron chi connectivity index (χ1n) is 8.20. The van der Waals surface area contributed by atoms with Gasteiger partial charge in [-0.25, -0.2) is 0 Å². The summed E-state index contributed by atoms with van der Waals surface area (Å²) in [6, 6.07) is 6.96. The van der Waals surface area contributed by atoms with Gasteiger partial charge in [-0.1, -0.05) is 25.1 Å². The van der Waals surface area contributed by atoms with Crippen molar-refractivity contribution in [1.82, 2.24) is 5.32 Å². The molecule has 1 aliphatic heterocycles. The molecule has 0 amide bonds. The average molecular weight is 291 g/mol. The second-order valence-corrected chi connectivity index (χ2v) is 6.02. The Labute approximate surface area is 129 Å². The van der Waals surface area contributed by atoms with Crippen LogP contribution in [0.4, 0.5) is 0 Å². The van der Waals surface area contributed by atoms with Gasteiger partial charge in [-0.15, -0.1) is 0 Å². The number of hydrogen-bond donors (Lipinski definition) is 1. The molecule has 0 aliphatic carbocycles. The molecule has 2 atom stereocenters. The van der Waals surface area contributed by atoms with E-state index in [4.69, 9.17) is 9.47 Å². The predicted octanol–water partition coefficient (Wildman–Crippen LogP) is 3.54. The van der Waals surface area contributed by atoms with Crippen LogP contribution in [0.2, 0.25) is 0 Å². The van der Waals surface area contributed by atoms with Crippen LogP contribution in [0.25, 0.3) is 0 Å². The Kier molecular flexibility index (Phi) is 6.68. The van der Waals surface area contributed by atoms with Gasteiger partial charge in [-0.3, -0.25) is 0 Å². The Morgan fingerprint density at radius 2 is 2.19 bits per heavy atom. The van der Waals surface area contributed by atoms with Gasteiger partial charge in [-0.2, -0.15) is 0 Å². The predicted molar refractivity (Wildman–Crippen MR) is 86.7 cm³/mol. The molecule has 0 aromatic heterocycles. The van der Waals surface area contributed by atoms with E-state index in [9.17, 15) is 0 Å². The summed E-state index contributed by atoms with van der Waals surface area (Å²) in [5.41, 5.74) is 4.00. The number of nitrogens with one attached hydrogen (secondary N) is 1. The monoisotopic (exact) mass is 291 g/mol. The first kappa shape index (κ1) is 16.5. The van der Waals surface area contributed by atoms with E-state index in [1.807, 2.05) is 0 Å². The molecule has 2 rings (SSSR count). The zero-order chi connectivity index (χ0) is 15.1. The highest BCUT2D eigenvalue weighted by molar-refractivity contribution is 5.31. The van der Waals surface area contributed by atoms with Crippen molar-refractivity contribution in [3.8, 4) is 0 Å². The van der Waals surface area contributed by atoms with Crippen LogP contribution >= 0.6 is 0 Å². The van der Waals surface area contributed by atoms with Crippen LogP contribution in [0.15, 0.2) is 18.2 Å². The molecular formula is C18H29NO2. The lowest BCUT2D eigenvalue weighted by atomic mass is 10.0. The molecule has 1 heterocycles. The molecule has 1 fully saturated rings. The zero-order valence-electron chi connectivity index (χ0n) is 13.7. The van der Waals surface area contributed by atoms with Crippen molar-refractivity contribution in [2.75, 3.05) is 26.4 Å². The van der Waals surface area contributed by atoms with E-state index in [0.717, 1.165) is 32.6 Å². The minimum absolute atomic E-state index is 0.269. The maximum absolute atomic E-state index is 5.91. The van der Waals surface area contributed by atoms with Crippen LogP contribution in [-0.2, 0) is 9.47 Å². The molecule has 1 saturated heterocycles. The quantitative estimate of drug-likeness (QED) is 0.794. The Balaban J connectivity index is 1.90. The Morgan fingerprint density at radius 1 is 1.33 bits per heavy atom. The summed E-state index contributed by atoms with van der Waals surface area (Å²) in [6.07, 6.45) is 3.74. The topological polar surface area (TPSA) is 30.5 Å². The molecular weight excluding hydrogens is 262 g/mol. The lowest BCUT2D eigenvalue weighted by Gasteiger charge is -2.21. The standard InChI is InChI=1S/C18H29NO2/c1-4-9-19-18(13-20-12-17-6-5-10-21-17)16-8-7-14(2)15(3)11-16/h7-8,11,17-19H,4-6,9-10,12-13H2,1-3H3. The van der Waals surface area contributed by atoms with Gasteiger partial charge >= 0.3 is 0 Å². The third-order valence-electron chi connectivity index (χ3n) is 4.19. The lowest BCUT2D eigenvalue weighted by Crippen LogP contribution is -2.28. The fourth-order valence-electron chi connectivity index (χ4n) is 2.67. The normalized spacial score (nSPS) is 19.9. The van der Waals surface area contributed by atoms with Crippen molar-refractivity contribution >= 4 is 0 Å². The van der Waals surface area contributed by atoms with Crippen LogP contribution in [0.3, 0.4) is 0 Å². The van der Waals surface area contributed by atoms with E-state index in [1.54, 1.807) is 0 Å². The van der Waals surface area contributed by atoms with Crippen LogP contribution in [0, 0.1) is 13.8 Å². The molecule has 0 bridgehead atoms. The number of rotatable bonds is 8. The van der Waals surface area contributed by atoms with Crippen LogP contribution < -0.4 is 5.32 Å². The van der Waals surface area contributed by atoms with Gasteiger partial charge in [0.05, 0.1) is 25.4 Å². The summed E-state index contributed by atoms with van der Waals surface area (Å²) >= 11 is 0. The number of benzene rings is 1. The number of ether oxygens (including phenoxy) is 2. The lowest BCUT2D eigenvalue weighted by molar-refractivity contribution is 0.00997. The van der Waals surface area contributed by atoms with E-state index in [1.165, 1.54) is 23.1 Å². The highest BCUT2D eigenvalue weighted by Crippen LogP contribution is 2.19. The van der Waals surface area contributed by atoms with Crippen molar-refractivity contribution in [3.05, 3.63) is 34.9 Å². The van der Waals surface area contributed by atoms with Crippen molar-refractivity contribution in [3.63, 3.8) is 0 Å². The van der Waals surface area contributed by atoms with E-state index >= 15 is 0 Å². The van der Waals surface area contributed by atoms with E-state index in [-0.39, 0.29) is 6.04 Å². The Morgan fingerprint density at radius 3 is 2.86 bits per heavy atom. The first-order valence-corrected chi connectivity index (χ1v) is 8.20. The molecule has 21 heavy (non-hydrogen) atoms. The van der Waals surface area contributed by atoms with E-state index < -0.39 is 0 Å². The molecule has 3 nitrogen and oxygen atoms in total. The minimum atomic E-state index is 0.269. The highest BCUT2D eigenvalue weighted by Gasteiger charge is 2.17. The molecule has 0 spiro atoms. The van der Waals surface area contributed by atoms with Gasteiger partial charge in [0, 0.05) is 6.61 Å². The molecule has 1 aromatic carbocycles. The summed E-state index contributed by atoms with van der Waals surface area (Å²) in [4.78, 5) is 0. The maximum atomic E-state index is 5.91. The summed E-state index contributed by atoms with van der Waals surface area (Å²) in [5, 5.41) is 3.59. The number of hydrogen-bond acceptors (Lipinski definition) is 3. The van der Waals surface area contributed by atoms with Gasteiger partial charge in [0.2, 0.25) is 0 Å². The average Bonchev–Trinajstić information content (AvgIpc) is 2.99. The van der Waals surface area contributed by atoms with Crippen molar-refractivity contribution < 1.29 is 9.47 Å². The molecule has 2 unspecified atom stereocenters. The SMILES string of the molecule is CCCNC(COCC1CCCO1)c1ccc(C)c(C)c1. The zero-order valence-corrected chi connectivity index (χ0v) is 13.7. The van der Waals surface area contributed by atoms with Crippen molar-refractivity contribution in [2.24, 2.45) is 0 Å². The first-order chi connectivity index (χ1) is 10.2. The maximum Gasteiger partial charge on any atom is 0.0809 e. The van der Waals surface area contributed by atoms with E-state index in [0.29, 0.717) is 12.7 Å². The highest BCUT2D eigenvalue weighted by atomic mass is 16.5. The third kappa shape index (κ3) is 5.10. The van der Waals surface area contributed by atoms with Gasteiger partial charge in [0.25, 0.3) is 0 Å². The van der Waals surface area contributed by atoms with E-state index in [2.05, 4.69) is 44.3 Å². The smallest absolute Gasteiger partial charge is 0.0809 e. The van der Waals surface area contributed by atoms with Gasteiger partial charge < -0.3 is 14.8 Å². The molecule has 0 radical (unpaired) electrons. The summed E-state index contributed by atoms with van der Waals surface area (Å²) in [6.45, 7) is 9.85.